The molecule has 1 unspecified atom stereocenters. The molecule has 0 spiro atoms. The van der Waals surface area contributed by atoms with Crippen LogP contribution in [0.5, 0.6) is 0 Å². The number of aryl methyl sites for hydroxylation is 1. The van der Waals surface area contributed by atoms with Gasteiger partial charge in [0.05, 0.1) is 0 Å². The van der Waals surface area contributed by atoms with Crippen molar-refractivity contribution in [3.05, 3.63) is 53.4 Å². The molecule has 18 heavy (non-hydrogen) atoms. The minimum Gasteiger partial charge on any atom is -0.249 e. The Kier molecular flexibility index (Phi) is 3.33. The molecule has 0 aliphatic heterocycles. The van der Waals surface area contributed by atoms with Crippen LogP contribution in [-0.4, -0.2) is 12.8 Å². The fourth-order valence-electron chi connectivity index (χ4n) is 1.84. The molecule has 1 radical (unpaired) electrons. The second-order valence-electron chi connectivity index (χ2n) is 4.34. The van der Waals surface area contributed by atoms with Crippen molar-refractivity contribution in [3.8, 4) is 0 Å². The average molecular weight is 253 g/mol. The number of rotatable bonds is 2. The van der Waals surface area contributed by atoms with Gasteiger partial charge in [0.25, 0.3) is 0 Å². The van der Waals surface area contributed by atoms with Gasteiger partial charge in [-0.25, -0.2) is 17.6 Å². The molecule has 0 saturated heterocycles. The van der Waals surface area contributed by atoms with Crippen LogP contribution in [0.2, 0.25) is 0 Å². The van der Waals surface area contributed by atoms with Gasteiger partial charge in [0.1, 0.15) is 23.0 Å². The lowest BCUT2D eigenvalue weighted by molar-refractivity contribution is 0.316. The zero-order valence-corrected chi connectivity index (χ0v) is 9.68. The highest BCUT2D eigenvalue weighted by Crippen LogP contribution is 2.27. The third-order valence-corrected chi connectivity index (χ3v) is 2.76. The summed E-state index contributed by atoms with van der Waals surface area (Å²) in [6.45, 7) is 1.45. The van der Waals surface area contributed by atoms with E-state index in [-0.39, 0.29) is 11.0 Å². The van der Waals surface area contributed by atoms with Crippen molar-refractivity contribution in [1.82, 2.24) is 0 Å². The number of alkyl halides is 1. The molecule has 0 saturated carbocycles. The molecule has 1 aromatic rings. The summed E-state index contributed by atoms with van der Waals surface area (Å²) in [7, 11) is 0.970. The summed E-state index contributed by atoms with van der Waals surface area (Å²) in [5, 5.41) is 0. The van der Waals surface area contributed by atoms with Crippen LogP contribution in [0, 0.1) is 18.6 Å². The second-order valence-corrected chi connectivity index (χ2v) is 4.34. The van der Waals surface area contributed by atoms with Crippen LogP contribution < -0.4 is 5.46 Å². The predicted octanol–water partition coefficient (Wildman–Crippen LogP) is 3.08. The average Bonchev–Trinajstić information content (AvgIpc) is 2.25. The van der Waals surface area contributed by atoms with Gasteiger partial charge in [-0.2, -0.15) is 0 Å². The van der Waals surface area contributed by atoms with Crippen molar-refractivity contribution in [2.24, 2.45) is 0 Å². The molecular weight excluding hydrogens is 243 g/mol. The van der Waals surface area contributed by atoms with Crippen LogP contribution >= 0.6 is 0 Å². The molecule has 0 nitrogen and oxygen atoms in total. The monoisotopic (exact) mass is 253 g/mol. The SMILES string of the molecule is Cc1cc([B]C2(F)C=CC=C(F)C2)c(F)cc1F. The van der Waals surface area contributed by atoms with Gasteiger partial charge in [-0.3, -0.25) is 0 Å². The third-order valence-electron chi connectivity index (χ3n) is 2.76. The summed E-state index contributed by atoms with van der Waals surface area (Å²) in [4.78, 5) is 0. The molecule has 1 aromatic carbocycles. The lowest BCUT2D eigenvalue weighted by atomic mass is 9.54. The van der Waals surface area contributed by atoms with Gasteiger partial charge >= 0.3 is 0 Å². The predicted molar refractivity (Wildman–Crippen MR) is 63.3 cm³/mol. The number of halogens is 4. The van der Waals surface area contributed by atoms with E-state index in [4.69, 9.17) is 0 Å². The topological polar surface area (TPSA) is 0 Å². The Labute approximate surface area is 103 Å². The van der Waals surface area contributed by atoms with Crippen LogP contribution in [0.4, 0.5) is 17.6 Å². The van der Waals surface area contributed by atoms with Gasteiger partial charge in [0.2, 0.25) is 7.28 Å². The lowest BCUT2D eigenvalue weighted by Gasteiger charge is -2.22. The van der Waals surface area contributed by atoms with E-state index in [1.54, 1.807) is 0 Å². The molecule has 1 aliphatic carbocycles. The van der Waals surface area contributed by atoms with Gasteiger partial charge in [-0.1, -0.05) is 18.2 Å². The lowest BCUT2D eigenvalue weighted by Crippen LogP contribution is -2.39. The first kappa shape index (κ1) is 12.9. The van der Waals surface area contributed by atoms with Crippen LogP contribution in [0.1, 0.15) is 12.0 Å². The van der Waals surface area contributed by atoms with E-state index < -0.39 is 29.5 Å². The molecule has 0 amide bonds. The Morgan fingerprint density at radius 2 is 1.89 bits per heavy atom. The summed E-state index contributed by atoms with van der Waals surface area (Å²) < 4.78 is 53.8. The Morgan fingerprint density at radius 3 is 2.56 bits per heavy atom. The Morgan fingerprint density at radius 1 is 1.17 bits per heavy atom. The molecule has 0 heterocycles. The summed E-state index contributed by atoms with van der Waals surface area (Å²) in [5.41, 5.74) is -1.94. The van der Waals surface area contributed by atoms with E-state index in [9.17, 15) is 17.6 Å². The maximum absolute atomic E-state index is 14.2. The van der Waals surface area contributed by atoms with Crippen molar-refractivity contribution in [3.63, 3.8) is 0 Å². The van der Waals surface area contributed by atoms with Gasteiger partial charge in [-0.15, -0.1) is 0 Å². The van der Waals surface area contributed by atoms with Crippen molar-refractivity contribution >= 4 is 12.7 Å². The molecule has 0 fully saturated rings. The van der Waals surface area contributed by atoms with E-state index in [2.05, 4.69) is 0 Å². The Balaban J connectivity index is 2.27. The third kappa shape index (κ3) is 2.66. The fourth-order valence-corrected chi connectivity index (χ4v) is 1.84. The first-order valence-electron chi connectivity index (χ1n) is 5.44. The summed E-state index contributed by atoms with van der Waals surface area (Å²) in [6.07, 6.45) is 3.06. The molecule has 1 aliphatic rings. The van der Waals surface area contributed by atoms with Gasteiger partial charge in [0, 0.05) is 12.5 Å². The fraction of sp³-hybridized carbons (Fsp3) is 0.231. The van der Waals surface area contributed by atoms with E-state index in [1.165, 1.54) is 19.1 Å². The normalized spacial score (nSPS) is 22.8. The van der Waals surface area contributed by atoms with Gasteiger partial charge in [0.15, 0.2) is 0 Å². The molecular formula is C13H10BF4. The number of hydrogen-bond donors (Lipinski definition) is 0. The van der Waals surface area contributed by atoms with Gasteiger partial charge in [-0.05, 0) is 24.0 Å². The van der Waals surface area contributed by atoms with Gasteiger partial charge < -0.3 is 0 Å². The molecule has 2 rings (SSSR count). The first-order valence-corrected chi connectivity index (χ1v) is 5.44. The molecule has 5 heteroatoms. The highest BCUT2D eigenvalue weighted by Gasteiger charge is 2.32. The number of allylic oxidation sites excluding steroid dienone is 4. The van der Waals surface area contributed by atoms with Crippen LogP contribution in [0.3, 0.4) is 0 Å². The Bertz CT molecular complexity index is 536. The maximum Gasteiger partial charge on any atom is 0.211 e. The molecule has 93 valence electrons. The smallest absolute Gasteiger partial charge is 0.211 e. The number of benzene rings is 1. The van der Waals surface area contributed by atoms with E-state index in [0.717, 1.165) is 19.4 Å². The highest BCUT2D eigenvalue weighted by atomic mass is 19.2. The minimum atomic E-state index is -2.08. The standard InChI is InChI=1S/C13H10BF4/c1-8-5-10(12(17)6-11(8)16)14-13(18)4-2-3-9(15)7-13/h2-6H,7H2,1H3. The second kappa shape index (κ2) is 4.63. The van der Waals surface area contributed by atoms with Crippen LogP contribution in [0.25, 0.3) is 0 Å². The van der Waals surface area contributed by atoms with Crippen LogP contribution in [0.15, 0.2) is 36.2 Å². The zero-order valence-electron chi connectivity index (χ0n) is 9.68. The van der Waals surface area contributed by atoms with E-state index in [1.807, 2.05) is 0 Å². The minimum absolute atomic E-state index is 0.0734. The zero-order chi connectivity index (χ0) is 13.3. The van der Waals surface area contributed by atoms with Crippen molar-refractivity contribution in [2.45, 2.75) is 18.9 Å². The maximum atomic E-state index is 14.2. The largest absolute Gasteiger partial charge is 0.249 e. The number of hydrogen-bond acceptors (Lipinski definition) is 0. The summed E-state index contributed by atoms with van der Waals surface area (Å²) in [5.74, 6) is -2.17. The van der Waals surface area contributed by atoms with Crippen molar-refractivity contribution in [1.29, 1.82) is 0 Å². The summed E-state index contributed by atoms with van der Waals surface area (Å²) in [6, 6.07) is 1.90. The Hall–Kier alpha value is -1.52. The quantitative estimate of drug-likeness (QED) is 0.561. The van der Waals surface area contributed by atoms with Crippen LogP contribution in [-0.2, 0) is 0 Å². The molecule has 1 atom stereocenters. The molecule has 0 bridgehead atoms. The van der Waals surface area contributed by atoms with E-state index >= 15 is 0 Å². The highest BCUT2D eigenvalue weighted by molar-refractivity contribution is 6.57. The van der Waals surface area contributed by atoms with E-state index in [0.29, 0.717) is 6.07 Å². The van der Waals surface area contributed by atoms with Crippen molar-refractivity contribution in [2.75, 3.05) is 0 Å². The molecule has 0 N–H and O–H groups in total. The first-order chi connectivity index (χ1) is 8.39. The summed E-state index contributed by atoms with van der Waals surface area (Å²) >= 11 is 0. The molecule has 0 aromatic heterocycles. The van der Waals surface area contributed by atoms with Crippen molar-refractivity contribution < 1.29 is 17.6 Å².